The van der Waals surface area contributed by atoms with Crippen LogP contribution in [-0.2, 0) is 0 Å². The largest absolute Gasteiger partial charge is 0.497 e. The van der Waals surface area contributed by atoms with E-state index >= 15 is 0 Å². The standard InChI is InChI=1S/C25H29N5O2/c1-32-18-12-9-16(10-13-18)21-7-4-8-24(29-21)30-23-15-17(11-14-19(23)25(27)31)28-22-6-3-2-5-20(22)26/h4,7-15,20,22,28H,2-3,5-6,26H2,1H3,(H2,27,31)(H,29,30)/t20-,22+/m1/s1. The van der Waals surface area contributed by atoms with Gasteiger partial charge in [0.15, 0.2) is 0 Å². The van der Waals surface area contributed by atoms with E-state index in [1.165, 1.54) is 6.42 Å². The van der Waals surface area contributed by atoms with Crippen molar-refractivity contribution in [1.29, 1.82) is 0 Å². The minimum atomic E-state index is -0.500. The summed E-state index contributed by atoms with van der Waals surface area (Å²) in [6.07, 6.45) is 4.39. The molecule has 0 aliphatic heterocycles. The van der Waals surface area contributed by atoms with Gasteiger partial charge in [0, 0.05) is 23.3 Å². The normalized spacial score (nSPS) is 18.1. The third-order valence-corrected chi connectivity index (χ3v) is 5.85. The molecule has 6 N–H and O–H groups in total. The molecule has 1 aliphatic rings. The van der Waals surface area contributed by atoms with Crippen molar-refractivity contribution < 1.29 is 9.53 Å². The molecule has 0 saturated heterocycles. The Bertz CT molecular complexity index is 1080. The Balaban J connectivity index is 1.58. The second-order valence-corrected chi connectivity index (χ2v) is 8.09. The van der Waals surface area contributed by atoms with E-state index in [9.17, 15) is 4.79 Å². The molecule has 2 aromatic carbocycles. The molecule has 0 unspecified atom stereocenters. The zero-order valence-corrected chi connectivity index (χ0v) is 18.2. The Hall–Kier alpha value is -3.58. The highest BCUT2D eigenvalue weighted by molar-refractivity contribution is 5.99. The molecule has 0 spiro atoms. The molecular weight excluding hydrogens is 402 g/mol. The van der Waals surface area contributed by atoms with E-state index in [2.05, 4.69) is 10.6 Å². The molecular formula is C25H29N5O2. The fourth-order valence-corrected chi connectivity index (χ4v) is 4.07. The summed E-state index contributed by atoms with van der Waals surface area (Å²) in [5, 5.41) is 6.79. The fraction of sp³-hybridized carbons (Fsp3) is 0.280. The highest BCUT2D eigenvalue weighted by Gasteiger charge is 2.22. The summed E-state index contributed by atoms with van der Waals surface area (Å²) in [6, 6.07) is 19.2. The Labute approximate surface area is 188 Å². The number of aromatic nitrogens is 1. The maximum atomic E-state index is 12.0. The first-order valence-corrected chi connectivity index (χ1v) is 10.9. The number of nitrogens with one attached hydrogen (secondary N) is 2. The third kappa shape index (κ3) is 5.00. The first-order valence-electron chi connectivity index (χ1n) is 10.9. The van der Waals surface area contributed by atoms with Crippen LogP contribution in [0.5, 0.6) is 5.75 Å². The number of carbonyl (C=O) groups excluding carboxylic acids is 1. The average Bonchev–Trinajstić information content (AvgIpc) is 2.81. The van der Waals surface area contributed by atoms with Crippen molar-refractivity contribution in [2.75, 3.05) is 17.7 Å². The second-order valence-electron chi connectivity index (χ2n) is 8.09. The molecule has 1 fully saturated rings. The van der Waals surface area contributed by atoms with Gasteiger partial charge in [-0.05, 0) is 67.4 Å². The van der Waals surface area contributed by atoms with Gasteiger partial charge in [0.2, 0.25) is 0 Å². The summed E-state index contributed by atoms with van der Waals surface area (Å²) in [4.78, 5) is 16.7. The van der Waals surface area contributed by atoms with Crippen LogP contribution < -0.4 is 26.8 Å². The minimum Gasteiger partial charge on any atom is -0.497 e. The number of carbonyl (C=O) groups is 1. The van der Waals surface area contributed by atoms with Crippen molar-refractivity contribution in [2.24, 2.45) is 11.5 Å². The summed E-state index contributed by atoms with van der Waals surface area (Å²) in [5.74, 6) is 0.906. The highest BCUT2D eigenvalue weighted by atomic mass is 16.5. The molecule has 7 heteroatoms. The lowest BCUT2D eigenvalue weighted by Gasteiger charge is -2.30. The molecule has 2 atom stereocenters. The van der Waals surface area contributed by atoms with Gasteiger partial charge in [-0.15, -0.1) is 0 Å². The summed E-state index contributed by atoms with van der Waals surface area (Å²) in [6.45, 7) is 0. The van der Waals surface area contributed by atoms with E-state index in [0.717, 1.165) is 42.0 Å². The smallest absolute Gasteiger partial charge is 0.250 e. The van der Waals surface area contributed by atoms with Crippen LogP contribution in [0.2, 0.25) is 0 Å². The summed E-state index contributed by atoms with van der Waals surface area (Å²) in [5.41, 5.74) is 15.6. The van der Waals surface area contributed by atoms with Crippen molar-refractivity contribution in [3.8, 4) is 17.0 Å². The van der Waals surface area contributed by atoms with Gasteiger partial charge in [0.25, 0.3) is 5.91 Å². The quantitative estimate of drug-likeness (QED) is 0.444. The number of hydrogen-bond acceptors (Lipinski definition) is 6. The van der Waals surface area contributed by atoms with Crippen LogP contribution in [0.3, 0.4) is 0 Å². The summed E-state index contributed by atoms with van der Waals surface area (Å²) in [7, 11) is 1.64. The fourth-order valence-electron chi connectivity index (χ4n) is 4.07. The number of hydrogen-bond donors (Lipinski definition) is 4. The van der Waals surface area contributed by atoms with E-state index in [-0.39, 0.29) is 12.1 Å². The molecule has 1 amide bonds. The Morgan fingerprint density at radius 3 is 2.56 bits per heavy atom. The monoisotopic (exact) mass is 431 g/mol. The molecule has 4 rings (SSSR count). The van der Waals surface area contributed by atoms with Gasteiger partial charge >= 0.3 is 0 Å². The van der Waals surface area contributed by atoms with Crippen LogP contribution in [0.1, 0.15) is 36.0 Å². The highest BCUT2D eigenvalue weighted by Crippen LogP contribution is 2.28. The van der Waals surface area contributed by atoms with E-state index in [0.29, 0.717) is 17.1 Å². The first kappa shape index (κ1) is 21.6. The van der Waals surface area contributed by atoms with E-state index in [4.69, 9.17) is 21.2 Å². The van der Waals surface area contributed by atoms with Crippen molar-refractivity contribution >= 4 is 23.1 Å². The number of ether oxygens (including phenoxy) is 1. The number of nitrogens with zero attached hydrogens (tertiary/aromatic N) is 1. The number of anilines is 3. The van der Waals surface area contributed by atoms with Gasteiger partial charge in [0.1, 0.15) is 11.6 Å². The van der Waals surface area contributed by atoms with Gasteiger partial charge in [-0.3, -0.25) is 4.79 Å². The lowest BCUT2D eigenvalue weighted by atomic mass is 9.91. The number of nitrogens with two attached hydrogens (primary N) is 2. The minimum absolute atomic E-state index is 0.124. The third-order valence-electron chi connectivity index (χ3n) is 5.85. The van der Waals surface area contributed by atoms with Crippen LogP contribution in [0, 0.1) is 0 Å². The number of rotatable bonds is 7. The summed E-state index contributed by atoms with van der Waals surface area (Å²) < 4.78 is 5.23. The van der Waals surface area contributed by atoms with Gasteiger partial charge in [0.05, 0.1) is 24.1 Å². The molecule has 1 saturated carbocycles. The predicted molar refractivity (Wildman–Crippen MR) is 128 cm³/mol. The second kappa shape index (κ2) is 9.70. The van der Waals surface area contributed by atoms with Crippen LogP contribution >= 0.6 is 0 Å². The molecule has 32 heavy (non-hydrogen) atoms. The molecule has 166 valence electrons. The molecule has 1 aliphatic carbocycles. The zero-order valence-electron chi connectivity index (χ0n) is 18.2. The van der Waals surface area contributed by atoms with Crippen LogP contribution in [0.25, 0.3) is 11.3 Å². The van der Waals surface area contributed by atoms with Crippen molar-refractivity contribution in [2.45, 2.75) is 37.8 Å². The van der Waals surface area contributed by atoms with Gasteiger partial charge in [-0.25, -0.2) is 4.98 Å². The van der Waals surface area contributed by atoms with Crippen LogP contribution in [-0.4, -0.2) is 30.1 Å². The van der Waals surface area contributed by atoms with Crippen molar-refractivity contribution in [1.82, 2.24) is 4.98 Å². The Morgan fingerprint density at radius 2 is 1.84 bits per heavy atom. The lowest BCUT2D eigenvalue weighted by Crippen LogP contribution is -2.42. The van der Waals surface area contributed by atoms with Gasteiger partial charge in [-0.1, -0.05) is 18.9 Å². The van der Waals surface area contributed by atoms with Gasteiger partial charge < -0.3 is 26.8 Å². The topological polar surface area (TPSA) is 115 Å². The molecule has 1 heterocycles. The number of primary amides is 1. The zero-order chi connectivity index (χ0) is 22.5. The molecule has 7 nitrogen and oxygen atoms in total. The SMILES string of the molecule is COc1ccc(-c2cccc(Nc3cc(N[C@H]4CCCC[C@H]4N)ccc3C(N)=O)n2)cc1. The number of methoxy groups -OCH3 is 1. The number of benzene rings is 2. The van der Waals surface area contributed by atoms with Gasteiger partial charge in [-0.2, -0.15) is 0 Å². The maximum absolute atomic E-state index is 12.0. The van der Waals surface area contributed by atoms with Crippen LogP contribution in [0.15, 0.2) is 60.7 Å². The predicted octanol–water partition coefficient (Wildman–Crippen LogP) is 4.28. The van der Waals surface area contributed by atoms with E-state index < -0.39 is 5.91 Å². The number of pyridine rings is 1. The maximum Gasteiger partial charge on any atom is 0.250 e. The van der Waals surface area contributed by atoms with E-state index in [1.54, 1.807) is 13.2 Å². The van der Waals surface area contributed by atoms with Crippen molar-refractivity contribution in [3.63, 3.8) is 0 Å². The Kier molecular flexibility index (Phi) is 6.56. The molecule has 0 radical (unpaired) electrons. The lowest BCUT2D eigenvalue weighted by molar-refractivity contribution is 0.100. The Morgan fingerprint density at radius 1 is 1.06 bits per heavy atom. The number of amides is 1. The molecule has 0 bridgehead atoms. The average molecular weight is 432 g/mol. The van der Waals surface area contributed by atoms with Crippen molar-refractivity contribution in [3.05, 3.63) is 66.2 Å². The van der Waals surface area contributed by atoms with Crippen LogP contribution in [0.4, 0.5) is 17.2 Å². The molecule has 3 aromatic rings. The first-order chi connectivity index (χ1) is 15.5. The van der Waals surface area contributed by atoms with E-state index in [1.807, 2.05) is 54.6 Å². The molecule has 1 aromatic heterocycles. The summed E-state index contributed by atoms with van der Waals surface area (Å²) >= 11 is 0.